The van der Waals surface area contributed by atoms with Crippen LogP contribution in [0.25, 0.3) is 16.7 Å². The van der Waals surface area contributed by atoms with Crippen molar-refractivity contribution in [3.63, 3.8) is 0 Å². The van der Waals surface area contributed by atoms with Crippen LogP contribution in [0.3, 0.4) is 0 Å². The third-order valence-electron chi connectivity index (χ3n) is 8.41. The van der Waals surface area contributed by atoms with Crippen LogP contribution < -0.4 is 10.3 Å². The number of carbonyl (C=O) groups is 1. The van der Waals surface area contributed by atoms with E-state index in [4.69, 9.17) is 0 Å². The molecule has 2 atom stereocenters. The topological polar surface area (TPSA) is 55.2 Å². The van der Waals surface area contributed by atoms with E-state index in [2.05, 4.69) is 4.98 Å². The highest BCUT2D eigenvalue weighted by Gasteiger charge is 2.58. The highest BCUT2D eigenvalue weighted by Crippen LogP contribution is 2.64. The minimum Gasteiger partial charge on any atom is -0.363 e. The van der Waals surface area contributed by atoms with Crippen LogP contribution in [0.5, 0.6) is 0 Å². The second-order valence-corrected chi connectivity index (χ2v) is 11.5. The summed E-state index contributed by atoms with van der Waals surface area (Å²) in [5, 5.41) is 0.169. The molecule has 4 aliphatic carbocycles. The SMILES string of the molecule is CN(C)c1ccc2c(=O)c(C(=O)CC34CC5CC(CC(F)(C5)C3)C4)cn(-c3ccc(F)cc3F)c2n1. The zero-order chi connectivity index (χ0) is 25.4. The van der Waals surface area contributed by atoms with Crippen LogP contribution in [-0.2, 0) is 0 Å². The van der Waals surface area contributed by atoms with Gasteiger partial charge in [0.05, 0.1) is 16.6 Å². The molecule has 1 aromatic carbocycles. The number of aromatic nitrogens is 2. The Labute approximate surface area is 206 Å². The minimum atomic E-state index is -1.21. The zero-order valence-electron chi connectivity index (χ0n) is 20.4. The monoisotopic (exact) mass is 495 g/mol. The van der Waals surface area contributed by atoms with Gasteiger partial charge in [-0.15, -0.1) is 0 Å². The lowest BCUT2D eigenvalue weighted by Crippen LogP contribution is -2.54. The van der Waals surface area contributed by atoms with Gasteiger partial charge in [-0.2, -0.15) is 0 Å². The Bertz CT molecular complexity index is 1450. The van der Waals surface area contributed by atoms with Crippen molar-refractivity contribution in [2.45, 2.75) is 50.6 Å². The quantitative estimate of drug-likeness (QED) is 0.432. The number of hydrogen-bond acceptors (Lipinski definition) is 4. The molecule has 5 nitrogen and oxygen atoms in total. The molecule has 0 radical (unpaired) electrons. The van der Waals surface area contributed by atoms with E-state index in [1.807, 2.05) is 0 Å². The average molecular weight is 496 g/mol. The number of carbonyl (C=O) groups excluding carboxylic acids is 1. The molecule has 188 valence electrons. The van der Waals surface area contributed by atoms with E-state index in [1.54, 1.807) is 31.1 Å². The standard InChI is InChI=1S/C28H28F3N3O2/c1-33(2)24-6-4-19-25(36)20(14-34(26(19)32-24)22-5-3-18(29)8-21(22)30)23(35)13-27-9-16-7-17(10-27)12-28(31,11-16)15-27/h3-6,8,14,16-17H,7,9-13,15H2,1-2H3. The largest absolute Gasteiger partial charge is 0.363 e. The fourth-order valence-electron chi connectivity index (χ4n) is 7.48. The van der Waals surface area contributed by atoms with Gasteiger partial charge >= 0.3 is 0 Å². The molecule has 2 unspecified atom stereocenters. The highest BCUT2D eigenvalue weighted by atomic mass is 19.1. The summed E-state index contributed by atoms with van der Waals surface area (Å²) >= 11 is 0. The summed E-state index contributed by atoms with van der Waals surface area (Å²) in [5.74, 6) is -0.810. The number of anilines is 1. The molecule has 36 heavy (non-hydrogen) atoms. The Morgan fingerprint density at radius 3 is 2.47 bits per heavy atom. The molecule has 0 aliphatic heterocycles. The number of rotatable bonds is 5. The number of halogens is 3. The fraction of sp³-hybridized carbons (Fsp3) is 0.464. The van der Waals surface area contributed by atoms with Crippen LogP contribution in [0.1, 0.15) is 55.3 Å². The van der Waals surface area contributed by atoms with Crippen molar-refractivity contribution in [3.05, 3.63) is 63.9 Å². The first-order valence-corrected chi connectivity index (χ1v) is 12.5. The number of nitrogens with zero attached hydrogens (tertiary/aromatic N) is 3. The van der Waals surface area contributed by atoms with Gasteiger partial charge in [0, 0.05) is 32.8 Å². The molecule has 0 amide bonds. The van der Waals surface area contributed by atoms with Crippen LogP contribution in [-0.4, -0.2) is 35.1 Å². The number of benzene rings is 1. The van der Waals surface area contributed by atoms with E-state index in [-0.39, 0.29) is 34.5 Å². The number of ketones is 1. The van der Waals surface area contributed by atoms with Crippen LogP contribution in [0.15, 0.2) is 41.3 Å². The fourth-order valence-corrected chi connectivity index (χ4v) is 7.48. The van der Waals surface area contributed by atoms with Crippen molar-refractivity contribution in [1.29, 1.82) is 0 Å². The third-order valence-corrected chi connectivity index (χ3v) is 8.41. The average Bonchev–Trinajstić information content (AvgIpc) is 2.77. The van der Waals surface area contributed by atoms with Crippen molar-refractivity contribution < 1.29 is 18.0 Å². The van der Waals surface area contributed by atoms with Gasteiger partial charge in [-0.05, 0) is 80.0 Å². The summed E-state index contributed by atoms with van der Waals surface area (Å²) in [6.07, 6.45) is 5.57. The van der Waals surface area contributed by atoms with Gasteiger partial charge in [-0.25, -0.2) is 18.2 Å². The Morgan fingerprint density at radius 1 is 1.11 bits per heavy atom. The smallest absolute Gasteiger partial charge is 0.201 e. The van der Waals surface area contributed by atoms with E-state index in [9.17, 15) is 18.4 Å². The van der Waals surface area contributed by atoms with E-state index in [0.29, 0.717) is 36.9 Å². The van der Waals surface area contributed by atoms with Crippen molar-refractivity contribution in [1.82, 2.24) is 9.55 Å². The van der Waals surface area contributed by atoms with Crippen LogP contribution in [0, 0.1) is 28.9 Å². The molecule has 4 fully saturated rings. The van der Waals surface area contributed by atoms with Gasteiger partial charge in [0.15, 0.2) is 11.4 Å². The predicted octanol–water partition coefficient (Wildman–Crippen LogP) is 5.61. The zero-order valence-corrected chi connectivity index (χ0v) is 20.4. The lowest BCUT2D eigenvalue weighted by molar-refractivity contribution is -0.122. The number of alkyl halides is 1. The maximum atomic E-state index is 15.5. The van der Waals surface area contributed by atoms with Crippen molar-refractivity contribution in [2.24, 2.45) is 17.3 Å². The van der Waals surface area contributed by atoms with Gasteiger partial charge in [-0.3, -0.25) is 14.2 Å². The molecule has 8 heteroatoms. The molecule has 0 saturated heterocycles. The number of fused-ring (bicyclic) bond motifs is 1. The van der Waals surface area contributed by atoms with Crippen LogP contribution in [0.4, 0.5) is 19.0 Å². The molecule has 4 aliphatic rings. The molecule has 0 N–H and O–H groups in total. The van der Waals surface area contributed by atoms with E-state index in [0.717, 1.165) is 31.4 Å². The Balaban J connectivity index is 1.47. The highest BCUT2D eigenvalue weighted by molar-refractivity contribution is 5.99. The van der Waals surface area contributed by atoms with Crippen LogP contribution in [0.2, 0.25) is 0 Å². The first-order chi connectivity index (χ1) is 17.0. The number of hydrogen-bond donors (Lipinski definition) is 0. The Kier molecular flexibility index (Phi) is 5.11. The second-order valence-electron chi connectivity index (χ2n) is 11.5. The van der Waals surface area contributed by atoms with Crippen molar-refractivity contribution in [3.8, 4) is 5.69 Å². The van der Waals surface area contributed by atoms with E-state index < -0.39 is 28.1 Å². The molecule has 4 saturated carbocycles. The predicted molar refractivity (Wildman–Crippen MR) is 131 cm³/mol. The number of Topliss-reactive ketones (excluding diaryl/α,β-unsaturated/α-hetero) is 1. The summed E-state index contributed by atoms with van der Waals surface area (Å²) in [6.45, 7) is 0. The second kappa shape index (κ2) is 7.92. The lowest BCUT2D eigenvalue weighted by Gasteiger charge is -2.59. The Morgan fingerprint density at radius 2 is 1.83 bits per heavy atom. The molecule has 7 rings (SSSR count). The summed E-state index contributed by atoms with van der Waals surface area (Å²) in [5.41, 5.74) is -2.05. The first kappa shape index (κ1) is 23.3. The minimum absolute atomic E-state index is 0.0172. The summed E-state index contributed by atoms with van der Waals surface area (Å²) in [4.78, 5) is 33.5. The van der Waals surface area contributed by atoms with Gasteiger partial charge in [-0.1, -0.05) is 0 Å². The van der Waals surface area contributed by atoms with Gasteiger partial charge in [0.1, 0.15) is 23.1 Å². The van der Waals surface area contributed by atoms with Crippen LogP contribution >= 0.6 is 0 Å². The van der Waals surface area contributed by atoms with Gasteiger partial charge in [0.2, 0.25) is 5.43 Å². The molecular weight excluding hydrogens is 467 g/mol. The van der Waals surface area contributed by atoms with Gasteiger partial charge < -0.3 is 4.90 Å². The van der Waals surface area contributed by atoms with E-state index >= 15 is 4.39 Å². The van der Waals surface area contributed by atoms with Crippen molar-refractivity contribution >= 4 is 22.6 Å². The third kappa shape index (κ3) is 3.73. The molecule has 3 aromatic rings. The summed E-state index contributed by atoms with van der Waals surface area (Å²) in [6, 6.07) is 6.38. The summed E-state index contributed by atoms with van der Waals surface area (Å²) in [7, 11) is 3.58. The molecule has 2 heterocycles. The maximum Gasteiger partial charge on any atom is 0.201 e. The van der Waals surface area contributed by atoms with Crippen molar-refractivity contribution in [2.75, 3.05) is 19.0 Å². The summed E-state index contributed by atoms with van der Waals surface area (Å²) < 4.78 is 45.4. The van der Waals surface area contributed by atoms with Gasteiger partial charge in [0.25, 0.3) is 0 Å². The molecule has 0 spiro atoms. The maximum absolute atomic E-state index is 15.5. The molecular formula is C28H28F3N3O2. The number of pyridine rings is 2. The Hall–Kier alpha value is -3.16. The first-order valence-electron chi connectivity index (χ1n) is 12.5. The van der Waals surface area contributed by atoms with E-state index in [1.165, 1.54) is 16.8 Å². The molecule has 2 aromatic heterocycles. The molecule has 4 bridgehead atoms. The normalized spacial score (nSPS) is 28.6. The lowest BCUT2D eigenvalue weighted by atomic mass is 9.47.